The predicted molar refractivity (Wildman–Crippen MR) is 64.1 cm³/mol. The first kappa shape index (κ1) is 15.2. The van der Waals surface area contributed by atoms with Gasteiger partial charge in [-0.1, -0.05) is 12.1 Å². The molecule has 19 heavy (non-hydrogen) atoms. The zero-order valence-corrected chi connectivity index (χ0v) is 10.6. The van der Waals surface area contributed by atoms with Crippen LogP contribution in [0.3, 0.4) is 0 Å². The third-order valence-corrected chi connectivity index (χ3v) is 2.79. The summed E-state index contributed by atoms with van der Waals surface area (Å²) in [7, 11) is 0. The second-order valence-electron chi connectivity index (χ2n) is 3.86. The molecule has 0 aliphatic heterocycles. The third kappa shape index (κ3) is 3.13. The molecule has 0 aliphatic rings. The number of amides is 1. The van der Waals surface area contributed by atoms with Crippen LogP contribution in [0, 0.1) is 0 Å². The molecule has 0 saturated heterocycles. The second kappa shape index (κ2) is 5.86. The molecule has 1 rings (SSSR count). The van der Waals surface area contributed by atoms with Gasteiger partial charge in [-0.25, -0.2) is 0 Å². The van der Waals surface area contributed by atoms with Gasteiger partial charge in [0.2, 0.25) is 0 Å². The number of rotatable bonds is 4. The molecule has 0 saturated carbocycles. The molecule has 1 aromatic carbocycles. The molecule has 0 aromatic heterocycles. The number of hydrogen-bond acceptors (Lipinski definition) is 2. The van der Waals surface area contributed by atoms with Gasteiger partial charge in [0.1, 0.15) is 0 Å². The van der Waals surface area contributed by atoms with E-state index in [4.69, 9.17) is 0 Å². The number of alkyl halides is 3. The van der Waals surface area contributed by atoms with Crippen LogP contribution >= 0.6 is 0 Å². The fraction of sp³-hybridized carbons (Fsp3) is 0.385. The third-order valence-electron chi connectivity index (χ3n) is 2.79. The Balaban J connectivity index is 3.46. The summed E-state index contributed by atoms with van der Waals surface area (Å²) in [6.45, 7) is 3.88. The van der Waals surface area contributed by atoms with Gasteiger partial charge in [-0.3, -0.25) is 9.59 Å². The SMILES string of the molecule is CCN(CC)C(=O)c1c(C=O)cccc1C(F)(F)F. The van der Waals surface area contributed by atoms with Gasteiger partial charge in [-0.15, -0.1) is 0 Å². The lowest BCUT2D eigenvalue weighted by Crippen LogP contribution is -2.33. The first-order valence-corrected chi connectivity index (χ1v) is 5.81. The lowest BCUT2D eigenvalue weighted by Gasteiger charge is -2.22. The summed E-state index contributed by atoms with van der Waals surface area (Å²) >= 11 is 0. The van der Waals surface area contributed by atoms with Gasteiger partial charge in [-0.05, 0) is 19.9 Å². The van der Waals surface area contributed by atoms with Crippen LogP contribution in [0.15, 0.2) is 18.2 Å². The molecule has 6 heteroatoms. The molecule has 0 unspecified atom stereocenters. The molecule has 1 amide bonds. The van der Waals surface area contributed by atoms with Crippen molar-refractivity contribution in [3.8, 4) is 0 Å². The topological polar surface area (TPSA) is 37.4 Å². The average Bonchev–Trinajstić information content (AvgIpc) is 2.38. The Bertz CT molecular complexity index is 479. The fourth-order valence-electron chi connectivity index (χ4n) is 1.81. The van der Waals surface area contributed by atoms with Crippen molar-refractivity contribution in [2.24, 2.45) is 0 Å². The largest absolute Gasteiger partial charge is 0.417 e. The minimum absolute atomic E-state index is 0.244. The molecule has 0 radical (unpaired) electrons. The van der Waals surface area contributed by atoms with E-state index in [2.05, 4.69) is 0 Å². The van der Waals surface area contributed by atoms with Gasteiger partial charge in [-0.2, -0.15) is 13.2 Å². The Labute approximate surface area is 109 Å². The summed E-state index contributed by atoms with van der Waals surface area (Å²) < 4.78 is 38.7. The highest BCUT2D eigenvalue weighted by Crippen LogP contribution is 2.33. The Hall–Kier alpha value is -1.85. The van der Waals surface area contributed by atoms with Crippen LogP contribution in [0.2, 0.25) is 0 Å². The van der Waals surface area contributed by atoms with Crippen LogP contribution in [0.1, 0.15) is 40.1 Å². The highest BCUT2D eigenvalue weighted by molar-refractivity contribution is 6.02. The van der Waals surface area contributed by atoms with E-state index in [1.807, 2.05) is 0 Å². The Morgan fingerprint density at radius 1 is 1.26 bits per heavy atom. The van der Waals surface area contributed by atoms with E-state index in [1.54, 1.807) is 13.8 Å². The lowest BCUT2D eigenvalue weighted by atomic mass is 10.00. The summed E-state index contributed by atoms with van der Waals surface area (Å²) in [4.78, 5) is 24.2. The minimum atomic E-state index is -4.67. The number of carbonyl (C=O) groups is 2. The highest BCUT2D eigenvalue weighted by atomic mass is 19.4. The van der Waals surface area contributed by atoms with E-state index in [0.29, 0.717) is 0 Å². The number of aldehydes is 1. The van der Waals surface area contributed by atoms with Crippen molar-refractivity contribution in [3.05, 3.63) is 34.9 Å². The monoisotopic (exact) mass is 273 g/mol. The van der Waals surface area contributed by atoms with Crippen molar-refractivity contribution in [2.45, 2.75) is 20.0 Å². The summed E-state index contributed by atoms with van der Waals surface area (Å²) in [6.07, 6.45) is -4.40. The summed E-state index contributed by atoms with van der Waals surface area (Å²) in [5, 5.41) is 0. The number of hydrogen-bond donors (Lipinski definition) is 0. The standard InChI is InChI=1S/C13H14F3NO2/c1-3-17(4-2)12(19)11-9(8-18)6-5-7-10(11)13(14,15)16/h5-8H,3-4H2,1-2H3. The van der Waals surface area contributed by atoms with E-state index in [1.165, 1.54) is 11.0 Å². The van der Waals surface area contributed by atoms with Gasteiger partial charge in [0.25, 0.3) is 5.91 Å². The predicted octanol–water partition coefficient (Wildman–Crippen LogP) is 3.00. The number of halogens is 3. The maximum absolute atomic E-state index is 12.9. The van der Waals surface area contributed by atoms with Crippen molar-refractivity contribution in [2.75, 3.05) is 13.1 Å². The smallest absolute Gasteiger partial charge is 0.339 e. The van der Waals surface area contributed by atoms with Gasteiger partial charge < -0.3 is 4.90 Å². The van der Waals surface area contributed by atoms with Crippen molar-refractivity contribution < 1.29 is 22.8 Å². The molecule has 0 fully saturated rings. The minimum Gasteiger partial charge on any atom is -0.339 e. The van der Waals surface area contributed by atoms with E-state index >= 15 is 0 Å². The van der Waals surface area contributed by atoms with Crippen LogP contribution in [0.4, 0.5) is 13.2 Å². The fourth-order valence-corrected chi connectivity index (χ4v) is 1.81. The average molecular weight is 273 g/mol. The van der Waals surface area contributed by atoms with Crippen molar-refractivity contribution in [1.82, 2.24) is 4.90 Å². The molecule has 0 spiro atoms. The van der Waals surface area contributed by atoms with E-state index < -0.39 is 23.2 Å². The lowest BCUT2D eigenvalue weighted by molar-refractivity contribution is -0.138. The van der Waals surface area contributed by atoms with Crippen LogP contribution in [0.25, 0.3) is 0 Å². The van der Waals surface area contributed by atoms with Gasteiger partial charge in [0, 0.05) is 18.7 Å². The first-order chi connectivity index (χ1) is 8.86. The molecular weight excluding hydrogens is 259 g/mol. The molecule has 1 aromatic rings. The van der Waals surface area contributed by atoms with Crippen LogP contribution in [-0.4, -0.2) is 30.2 Å². The van der Waals surface area contributed by atoms with Crippen LogP contribution in [0.5, 0.6) is 0 Å². The molecule has 0 aliphatic carbocycles. The Morgan fingerprint density at radius 2 is 1.84 bits per heavy atom. The van der Waals surface area contributed by atoms with Crippen molar-refractivity contribution >= 4 is 12.2 Å². The van der Waals surface area contributed by atoms with Crippen molar-refractivity contribution in [3.63, 3.8) is 0 Å². The van der Waals surface area contributed by atoms with E-state index in [9.17, 15) is 22.8 Å². The van der Waals surface area contributed by atoms with E-state index in [0.717, 1.165) is 12.1 Å². The van der Waals surface area contributed by atoms with Gasteiger partial charge in [0.15, 0.2) is 6.29 Å². The number of benzene rings is 1. The van der Waals surface area contributed by atoms with Gasteiger partial charge in [0.05, 0.1) is 11.1 Å². The Kier molecular flexibility index (Phi) is 4.69. The van der Waals surface area contributed by atoms with Crippen molar-refractivity contribution in [1.29, 1.82) is 0 Å². The highest BCUT2D eigenvalue weighted by Gasteiger charge is 2.37. The number of carbonyl (C=O) groups excluding carboxylic acids is 2. The van der Waals surface area contributed by atoms with Crippen LogP contribution in [-0.2, 0) is 6.18 Å². The second-order valence-corrected chi connectivity index (χ2v) is 3.86. The summed E-state index contributed by atoms with van der Waals surface area (Å²) in [5.74, 6) is -0.778. The molecular formula is C13H14F3NO2. The summed E-state index contributed by atoms with van der Waals surface area (Å²) in [6, 6.07) is 3.13. The first-order valence-electron chi connectivity index (χ1n) is 5.81. The maximum atomic E-state index is 12.9. The number of nitrogens with zero attached hydrogens (tertiary/aromatic N) is 1. The zero-order valence-electron chi connectivity index (χ0n) is 10.6. The molecule has 104 valence electrons. The Morgan fingerprint density at radius 3 is 2.26 bits per heavy atom. The normalized spacial score (nSPS) is 11.2. The summed E-state index contributed by atoms with van der Waals surface area (Å²) in [5.41, 5.74) is -1.89. The maximum Gasteiger partial charge on any atom is 0.417 e. The van der Waals surface area contributed by atoms with E-state index in [-0.39, 0.29) is 24.9 Å². The molecule has 0 N–H and O–H groups in total. The van der Waals surface area contributed by atoms with Crippen LogP contribution < -0.4 is 0 Å². The molecule has 0 heterocycles. The zero-order chi connectivity index (χ0) is 14.6. The quantitative estimate of drug-likeness (QED) is 0.791. The molecule has 0 atom stereocenters. The molecule has 0 bridgehead atoms. The van der Waals surface area contributed by atoms with Gasteiger partial charge >= 0.3 is 6.18 Å². The molecule has 3 nitrogen and oxygen atoms in total.